The lowest BCUT2D eigenvalue weighted by Gasteiger charge is -2.13. The van der Waals surface area contributed by atoms with Gasteiger partial charge in [0.25, 0.3) is 11.5 Å². The fourth-order valence-electron chi connectivity index (χ4n) is 4.42. The molecule has 0 aliphatic heterocycles. The van der Waals surface area contributed by atoms with E-state index in [4.69, 9.17) is 14.5 Å². The molecule has 9 nitrogen and oxygen atoms in total. The van der Waals surface area contributed by atoms with Gasteiger partial charge in [-0.25, -0.2) is 10.4 Å². The van der Waals surface area contributed by atoms with Crippen molar-refractivity contribution in [1.82, 2.24) is 15.0 Å². The van der Waals surface area contributed by atoms with Gasteiger partial charge < -0.3 is 14.6 Å². The molecule has 2 N–H and O–H groups in total. The van der Waals surface area contributed by atoms with Crippen LogP contribution >= 0.6 is 23.1 Å². The number of hydrogen-bond acceptors (Lipinski definition) is 9. The van der Waals surface area contributed by atoms with Crippen LogP contribution in [0.1, 0.15) is 28.8 Å². The van der Waals surface area contributed by atoms with Crippen LogP contribution in [-0.2, 0) is 17.6 Å². The Labute approximate surface area is 227 Å². The topological polar surface area (TPSA) is 115 Å². The van der Waals surface area contributed by atoms with E-state index < -0.39 is 0 Å². The number of phenolic OH excluding ortho intramolecular Hbond substituents is 1. The van der Waals surface area contributed by atoms with E-state index in [-0.39, 0.29) is 34.5 Å². The number of nitrogens with zero attached hydrogens (tertiary/aromatic N) is 3. The fraction of sp³-hybridized carbons (Fsp3) is 0.259. The first-order valence-electron chi connectivity index (χ1n) is 12.0. The minimum absolute atomic E-state index is 0.00935. The molecule has 0 fully saturated rings. The summed E-state index contributed by atoms with van der Waals surface area (Å²) in [5.74, 6) is -0.0156. The van der Waals surface area contributed by atoms with Crippen LogP contribution in [0.25, 0.3) is 15.9 Å². The molecule has 0 spiro atoms. The maximum atomic E-state index is 13.7. The average Bonchev–Trinajstić information content (AvgIpc) is 3.32. The van der Waals surface area contributed by atoms with Crippen LogP contribution in [-0.4, -0.2) is 46.8 Å². The van der Waals surface area contributed by atoms with Crippen molar-refractivity contribution in [3.05, 3.63) is 68.8 Å². The van der Waals surface area contributed by atoms with Gasteiger partial charge in [0, 0.05) is 10.4 Å². The van der Waals surface area contributed by atoms with Gasteiger partial charge in [-0.05, 0) is 55.5 Å². The molecule has 0 unspecified atom stereocenters. The second-order valence-corrected chi connectivity index (χ2v) is 10.6. The molecular formula is C27H26N4O5S2. The van der Waals surface area contributed by atoms with Crippen LogP contribution in [0, 0.1) is 0 Å². The van der Waals surface area contributed by atoms with Gasteiger partial charge in [0.1, 0.15) is 4.83 Å². The first-order chi connectivity index (χ1) is 18.5. The number of aromatic nitrogens is 2. The smallest absolute Gasteiger partial charge is 0.267 e. The third kappa shape index (κ3) is 5.11. The van der Waals surface area contributed by atoms with Crippen molar-refractivity contribution in [2.24, 2.45) is 5.10 Å². The number of ether oxygens (including phenoxy) is 2. The first-order valence-corrected chi connectivity index (χ1v) is 13.8. The molecule has 38 heavy (non-hydrogen) atoms. The molecule has 5 rings (SSSR count). The van der Waals surface area contributed by atoms with E-state index >= 15 is 0 Å². The maximum absolute atomic E-state index is 13.7. The second-order valence-electron chi connectivity index (χ2n) is 8.62. The Morgan fingerprint density at radius 3 is 2.61 bits per heavy atom. The zero-order chi connectivity index (χ0) is 26.6. The number of carbonyl (C=O) groups excluding carboxylic acids is 1. The Hall–Kier alpha value is -3.83. The molecule has 0 radical (unpaired) electrons. The standard InChI is InChI=1S/C27H26N4O5S2/c1-35-19-12-16(13-20(36-2)24(19)33)14-28-30-22(32)15-37-27-29-25-23(18-10-6-7-11-21(18)38-25)26(34)31(27)17-8-4-3-5-9-17/h3-5,8-9,12-14,33H,6-7,10-11,15H2,1-2H3,(H,30,32). The normalized spacial score (nSPS) is 13.0. The van der Waals surface area contributed by atoms with Gasteiger partial charge >= 0.3 is 0 Å². The monoisotopic (exact) mass is 550 g/mol. The number of nitrogens with one attached hydrogen (secondary N) is 1. The highest BCUT2D eigenvalue weighted by Gasteiger charge is 2.23. The molecular weight excluding hydrogens is 524 g/mol. The van der Waals surface area contributed by atoms with E-state index in [9.17, 15) is 14.7 Å². The molecule has 0 saturated heterocycles. The van der Waals surface area contributed by atoms with Crippen LogP contribution in [0.4, 0.5) is 0 Å². The predicted octanol–water partition coefficient (Wildman–Crippen LogP) is 4.29. The summed E-state index contributed by atoms with van der Waals surface area (Å²) in [6, 6.07) is 12.5. The largest absolute Gasteiger partial charge is 0.502 e. The van der Waals surface area contributed by atoms with E-state index in [0.717, 1.165) is 36.1 Å². The van der Waals surface area contributed by atoms with Gasteiger partial charge in [0.05, 0.1) is 37.3 Å². The van der Waals surface area contributed by atoms with Crippen molar-refractivity contribution < 1.29 is 19.4 Å². The Bertz CT molecular complexity index is 1560. The second kappa shape index (κ2) is 11.3. The number of fused-ring (bicyclic) bond motifs is 3. The summed E-state index contributed by atoms with van der Waals surface area (Å²) in [6.07, 6.45) is 5.49. The number of methoxy groups -OCH3 is 2. The number of aryl methyl sites for hydroxylation is 2. The molecule has 2 heterocycles. The summed E-state index contributed by atoms with van der Waals surface area (Å²) < 4.78 is 11.9. The van der Waals surface area contributed by atoms with Gasteiger partial charge in [-0.15, -0.1) is 11.3 Å². The van der Waals surface area contributed by atoms with Gasteiger partial charge in [0.2, 0.25) is 5.75 Å². The quantitative estimate of drug-likeness (QED) is 0.146. The average molecular weight is 551 g/mol. The Morgan fingerprint density at radius 1 is 1.18 bits per heavy atom. The van der Waals surface area contributed by atoms with Crippen molar-refractivity contribution in [3.8, 4) is 22.9 Å². The van der Waals surface area contributed by atoms with Crippen LogP contribution in [0.3, 0.4) is 0 Å². The zero-order valence-corrected chi connectivity index (χ0v) is 22.5. The number of para-hydroxylation sites is 1. The van der Waals surface area contributed by atoms with Gasteiger partial charge in [-0.2, -0.15) is 5.10 Å². The number of carbonyl (C=O) groups is 1. The molecule has 11 heteroatoms. The number of aromatic hydroxyl groups is 1. The number of rotatable bonds is 8. The summed E-state index contributed by atoms with van der Waals surface area (Å²) in [6.45, 7) is 0. The van der Waals surface area contributed by atoms with Crippen LogP contribution in [0.5, 0.6) is 17.2 Å². The summed E-state index contributed by atoms with van der Waals surface area (Å²) in [7, 11) is 2.86. The highest BCUT2D eigenvalue weighted by atomic mass is 32.2. The minimum atomic E-state index is -0.358. The van der Waals surface area contributed by atoms with Gasteiger partial charge in [-0.1, -0.05) is 30.0 Å². The number of phenols is 1. The summed E-state index contributed by atoms with van der Waals surface area (Å²) in [5, 5.41) is 15.2. The molecule has 2 aromatic carbocycles. The van der Waals surface area contributed by atoms with Crippen molar-refractivity contribution >= 4 is 45.4 Å². The van der Waals surface area contributed by atoms with Crippen LogP contribution < -0.4 is 20.5 Å². The van der Waals surface area contributed by atoms with Crippen molar-refractivity contribution in [2.75, 3.05) is 20.0 Å². The number of amides is 1. The summed E-state index contributed by atoms with van der Waals surface area (Å²) in [5.41, 5.74) is 4.80. The zero-order valence-electron chi connectivity index (χ0n) is 20.9. The molecule has 4 aromatic rings. The fourth-order valence-corrected chi connectivity index (χ4v) is 6.52. The number of thioether (sulfide) groups is 1. The van der Waals surface area contributed by atoms with Crippen molar-refractivity contribution in [1.29, 1.82) is 0 Å². The van der Waals surface area contributed by atoms with Gasteiger partial charge in [-0.3, -0.25) is 14.2 Å². The number of hydrazone groups is 1. The van der Waals surface area contributed by atoms with Gasteiger partial charge in [0.15, 0.2) is 16.7 Å². The summed E-state index contributed by atoms with van der Waals surface area (Å²) in [4.78, 5) is 33.2. The number of benzene rings is 2. The molecule has 1 aliphatic rings. The highest BCUT2D eigenvalue weighted by Crippen LogP contribution is 2.37. The Kier molecular flexibility index (Phi) is 7.66. The third-order valence-corrected chi connectivity index (χ3v) is 8.33. The minimum Gasteiger partial charge on any atom is -0.502 e. The lowest BCUT2D eigenvalue weighted by molar-refractivity contribution is -0.118. The van der Waals surface area contributed by atoms with E-state index in [1.165, 1.54) is 37.1 Å². The first kappa shape index (κ1) is 25.8. The molecule has 1 aliphatic carbocycles. The van der Waals surface area contributed by atoms with Crippen LogP contribution in [0.2, 0.25) is 0 Å². The number of thiophene rings is 1. The predicted molar refractivity (Wildman–Crippen MR) is 150 cm³/mol. The lowest BCUT2D eigenvalue weighted by atomic mass is 9.97. The number of hydrogen-bond donors (Lipinski definition) is 2. The molecule has 1 amide bonds. The molecule has 0 atom stereocenters. The van der Waals surface area contributed by atoms with Crippen LogP contribution in [0.15, 0.2) is 57.5 Å². The summed E-state index contributed by atoms with van der Waals surface area (Å²) >= 11 is 2.77. The Morgan fingerprint density at radius 2 is 1.89 bits per heavy atom. The van der Waals surface area contributed by atoms with E-state index in [2.05, 4.69) is 10.5 Å². The maximum Gasteiger partial charge on any atom is 0.267 e. The third-order valence-electron chi connectivity index (χ3n) is 6.21. The Balaban J connectivity index is 1.38. The molecule has 2 aromatic heterocycles. The molecule has 196 valence electrons. The highest BCUT2D eigenvalue weighted by molar-refractivity contribution is 7.99. The van der Waals surface area contributed by atoms with Crippen molar-refractivity contribution in [2.45, 2.75) is 30.8 Å². The van der Waals surface area contributed by atoms with E-state index in [1.807, 2.05) is 30.3 Å². The molecule has 0 saturated carbocycles. The van der Waals surface area contributed by atoms with E-state index in [0.29, 0.717) is 21.8 Å². The lowest BCUT2D eigenvalue weighted by Crippen LogP contribution is -2.24. The van der Waals surface area contributed by atoms with Crippen molar-refractivity contribution in [3.63, 3.8) is 0 Å². The van der Waals surface area contributed by atoms with E-state index in [1.54, 1.807) is 28.0 Å². The molecule has 0 bridgehead atoms. The SMILES string of the molecule is COc1cc(C=NNC(=O)CSc2nc3sc4c(c3c(=O)n2-c2ccccc2)CCCC4)cc(OC)c1O.